The van der Waals surface area contributed by atoms with E-state index in [0.29, 0.717) is 39.8 Å². The molecule has 1 saturated heterocycles. The number of ether oxygens (including phenoxy) is 3. The first-order valence-electron chi connectivity index (χ1n) is 17.2. The maximum atomic E-state index is 14.4. The van der Waals surface area contributed by atoms with Gasteiger partial charge in [-0.2, -0.15) is 0 Å². The number of imide groups is 1. The summed E-state index contributed by atoms with van der Waals surface area (Å²) in [7, 11) is 0. The Morgan fingerprint density at radius 2 is 1.68 bits per heavy atom. The third-order valence-corrected chi connectivity index (χ3v) is 10.8. The van der Waals surface area contributed by atoms with Crippen molar-refractivity contribution in [2.75, 3.05) is 11.5 Å². The minimum Gasteiger partial charge on any atom is -0.465 e. The number of hydrogen-bond acceptors (Lipinski definition) is 9. The summed E-state index contributed by atoms with van der Waals surface area (Å²) in [6.07, 6.45) is 1.74. The van der Waals surface area contributed by atoms with Crippen molar-refractivity contribution < 1.29 is 33.4 Å². The van der Waals surface area contributed by atoms with Crippen molar-refractivity contribution in [3.05, 3.63) is 71.6 Å². The number of amides is 2. The molecule has 4 rings (SSSR count). The molecular formula is C39H48N2O7S2. The predicted octanol–water partition coefficient (Wildman–Crippen LogP) is 8.80. The maximum Gasteiger partial charge on any atom is 0.514 e. The highest BCUT2D eigenvalue weighted by atomic mass is 32.2. The van der Waals surface area contributed by atoms with Crippen molar-refractivity contribution in [3.63, 3.8) is 0 Å². The zero-order chi connectivity index (χ0) is 36.8. The fourth-order valence-corrected chi connectivity index (χ4v) is 8.34. The standard InChI is InChI=1S/C39H48N2O7S2/c1-24-20-25(2)28(21-24)23-46-32(42)18-19-39(7,40-8)22-31(27-14-16-30(17-15-27)47-37(45)48-38(4,5)6)33-34(50-26(3)49)36(44)41(35(33)43)29-12-10-9-11-13-29/h9-17,24-25,28,31,33-34H,18-23H2,1-7H3. The van der Waals surface area contributed by atoms with Gasteiger partial charge in [-0.1, -0.05) is 56.4 Å². The monoisotopic (exact) mass is 720 g/mol. The summed E-state index contributed by atoms with van der Waals surface area (Å²) in [6, 6.07) is 15.4. The molecule has 7 unspecified atom stereocenters. The van der Waals surface area contributed by atoms with Gasteiger partial charge in [0.2, 0.25) is 17.4 Å². The van der Waals surface area contributed by atoms with Crippen molar-refractivity contribution in [1.82, 2.24) is 0 Å². The Balaban J connectivity index is 1.63. The number of thioether (sulfide) groups is 1. The number of benzene rings is 2. The van der Waals surface area contributed by atoms with Crippen LogP contribution < -0.4 is 9.64 Å². The molecule has 0 aromatic heterocycles. The number of hydrogen-bond donors (Lipinski definition) is 0. The summed E-state index contributed by atoms with van der Waals surface area (Å²) in [4.78, 5) is 58.9. The van der Waals surface area contributed by atoms with Crippen LogP contribution in [0.4, 0.5) is 10.5 Å². The number of anilines is 1. The molecule has 0 spiro atoms. The molecule has 11 heteroatoms. The largest absolute Gasteiger partial charge is 0.514 e. The van der Waals surface area contributed by atoms with E-state index in [4.69, 9.17) is 33.0 Å². The number of esters is 1. The second-order valence-corrected chi connectivity index (χ2v) is 17.2. The molecule has 268 valence electrons. The van der Waals surface area contributed by atoms with Gasteiger partial charge >= 0.3 is 12.1 Å². The van der Waals surface area contributed by atoms with Gasteiger partial charge in [0.05, 0.1) is 24.6 Å². The topological polar surface area (TPSA) is 104 Å². The van der Waals surface area contributed by atoms with E-state index >= 15 is 0 Å². The Kier molecular flexibility index (Phi) is 12.9. The lowest BCUT2D eigenvalue weighted by Gasteiger charge is -2.30. The van der Waals surface area contributed by atoms with Crippen molar-refractivity contribution >= 4 is 57.8 Å². The highest BCUT2D eigenvalue weighted by molar-refractivity contribution is 8.23. The van der Waals surface area contributed by atoms with Gasteiger partial charge < -0.3 is 19.1 Å². The molecular weight excluding hydrogens is 673 g/mol. The summed E-state index contributed by atoms with van der Waals surface area (Å²) < 4.78 is 16.9. The summed E-state index contributed by atoms with van der Waals surface area (Å²) in [6.45, 7) is 21.7. The lowest BCUT2D eigenvalue weighted by molar-refractivity contribution is -0.145. The minimum atomic E-state index is -1.07. The fourth-order valence-electron chi connectivity index (χ4n) is 7.01. The van der Waals surface area contributed by atoms with E-state index in [1.165, 1.54) is 16.7 Å². The molecule has 2 aromatic carbocycles. The second kappa shape index (κ2) is 16.5. The van der Waals surface area contributed by atoms with E-state index in [9.17, 15) is 19.2 Å². The summed E-state index contributed by atoms with van der Waals surface area (Å²) in [5, 5.41) is -0.835. The zero-order valence-corrected chi connectivity index (χ0v) is 31.6. The Labute approximate surface area is 305 Å². The SMILES string of the molecule is [C-]#[N+]C(C)(CCC(=O)OCC1CC(C)CC1C)CC(c1ccc(OC(=O)OC(C)(C)C)cc1)C1C(=O)N(c2ccccc2)C(=O)C1SC(C)=S. The first kappa shape index (κ1) is 39.0. The molecule has 0 bridgehead atoms. The maximum absolute atomic E-state index is 14.4. The minimum absolute atomic E-state index is 0.0514. The average molecular weight is 721 g/mol. The van der Waals surface area contributed by atoms with Crippen molar-refractivity contribution in [3.8, 4) is 5.75 Å². The first-order chi connectivity index (χ1) is 23.5. The van der Waals surface area contributed by atoms with Crippen molar-refractivity contribution in [1.29, 1.82) is 0 Å². The van der Waals surface area contributed by atoms with E-state index in [-0.39, 0.29) is 42.8 Å². The van der Waals surface area contributed by atoms with Gasteiger partial charge in [0.25, 0.3) is 0 Å². The van der Waals surface area contributed by atoms with Crippen molar-refractivity contribution in [2.24, 2.45) is 23.7 Å². The highest BCUT2D eigenvalue weighted by Crippen LogP contribution is 2.47. The number of carbonyl (C=O) groups excluding carboxylic acids is 4. The normalized spacial score (nSPS) is 23.9. The van der Waals surface area contributed by atoms with Crippen LogP contribution in [0.25, 0.3) is 4.85 Å². The van der Waals surface area contributed by atoms with Gasteiger partial charge in [-0.3, -0.25) is 14.4 Å². The van der Waals surface area contributed by atoms with Gasteiger partial charge in [-0.05, 0) is 88.1 Å². The Morgan fingerprint density at radius 3 is 2.24 bits per heavy atom. The summed E-state index contributed by atoms with van der Waals surface area (Å²) in [5.74, 6) is -0.925. The summed E-state index contributed by atoms with van der Waals surface area (Å²) >= 11 is 6.60. The van der Waals surface area contributed by atoms with Crippen LogP contribution in [0.15, 0.2) is 54.6 Å². The van der Waals surface area contributed by atoms with E-state index in [2.05, 4.69) is 18.7 Å². The zero-order valence-electron chi connectivity index (χ0n) is 30.0. The molecule has 7 atom stereocenters. The molecule has 0 N–H and O–H groups in total. The Bertz CT molecular complexity index is 1600. The van der Waals surface area contributed by atoms with Crippen LogP contribution in [-0.2, 0) is 23.9 Å². The van der Waals surface area contributed by atoms with Gasteiger partial charge in [-0.25, -0.2) is 16.3 Å². The van der Waals surface area contributed by atoms with Gasteiger partial charge in [-0.15, -0.1) is 11.8 Å². The van der Waals surface area contributed by atoms with Gasteiger partial charge in [0.1, 0.15) is 16.6 Å². The highest BCUT2D eigenvalue weighted by Gasteiger charge is 2.54. The van der Waals surface area contributed by atoms with Gasteiger partial charge in [0, 0.05) is 29.9 Å². The van der Waals surface area contributed by atoms with Crippen LogP contribution in [0.3, 0.4) is 0 Å². The third-order valence-electron chi connectivity index (χ3n) is 9.47. The number of carbonyl (C=O) groups is 4. The second-order valence-electron chi connectivity index (χ2n) is 15.0. The molecule has 1 heterocycles. The van der Waals surface area contributed by atoms with Crippen LogP contribution in [0.5, 0.6) is 5.75 Å². The number of rotatable bonds is 12. The smallest absolute Gasteiger partial charge is 0.465 e. The molecule has 2 amide bonds. The molecule has 2 fully saturated rings. The molecule has 50 heavy (non-hydrogen) atoms. The van der Waals surface area contributed by atoms with Crippen LogP contribution in [0.2, 0.25) is 0 Å². The van der Waals surface area contributed by atoms with Crippen LogP contribution in [0.1, 0.15) is 92.1 Å². The fraction of sp³-hybridized carbons (Fsp3) is 0.538. The van der Waals surface area contributed by atoms with E-state index < -0.39 is 34.4 Å². The lowest BCUT2D eigenvalue weighted by Crippen LogP contribution is -2.34. The predicted molar refractivity (Wildman–Crippen MR) is 199 cm³/mol. The van der Waals surface area contributed by atoms with Crippen LogP contribution in [-0.4, -0.2) is 51.1 Å². The molecule has 1 aliphatic heterocycles. The van der Waals surface area contributed by atoms with E-state index in [1.54, 1.807) is 83.1 Å². The Morgan fingerprint density at radius 1 is 1.02 bits per heavy atom. The van der Waals surface area contributed by atoms with Gasteiger partial charge in [0.15, 0.2) is 0 Å². The summed E-state index contributed by atoms with van der Waals surface area (Å²) in [5.41, 5.74) is -0.675. The van der Waals surface area contributed by atoms with Crippen molar-refractivity contribution in [2.45, 2.75) is 103 Å². The molecule has 2 aromatic rings. The van der Waals surface area contributed by atoms with Crippen LogP contribution >= 0.6 is 24.0 Å². The Hall–Kier alpha value is -3.75. The first-order valence-corrected chi connectivity index (χ1v) is 18.4. The average Bonchev–Trinajstić information content (AvgIpc) is 3.49. The molecule has 0 radical (unpaired) electrons. The molecule has 1 aliphatic carbocycles. The quantitative estimate of drug-likeness (QED) is 0.0700. The molecule has 1 saturated carbocycles. The third kappa shape index (κ3) is 10.2. The number of para-hydroxylation sites is 1. The molecule has 9 nitrogen and oxygen atoms in total. The number of thiocarbonyl (C=S) groups is 1. The lowest BCUT2D eigenvalue weighted by atomic mass is 9.75. The molecule has 2 aliphatic rings. The van der Waals surface area contributed by atoms with E-state index in [0.717, 1.165) is 12.8 Å². The van der Waals surface area contributed by atoms with E-state index in [1.807, 2.05) is 6.07 Å². The number of nitrogens with zero attached hydrogens (tertiary/aromatic N) is 2. The van der Waals surface area contributed by atoms with Crippen LogP contribution in [0, 0.1) is 30.2 Å².